The molecule has 1 N–H and O–H groups in total. The summed E-state index contributed by atoms with van der Waals surface area (Å²) in [5.41, 5.74) is 2.01. The molecule has 9 heteroatoms. The first-order chi connectivity index (χ1) is 15.5. The Kier molecular flexibility index (Phi) is 6.82. The third-order valence-electron chi connectivity index (χ3n) is 4.47. The number of nitrogens with one attached hydrogen (secondary N) is 1. The number of aromatic nitrogens is 3. The van der Waals surface area contributed by atoms with Crippen LogP contribution in [-0.4, -0.2) is 20.7 Å². The molecule has 4 aromatic rings. The summed E-state index contributed by atoms with van der Waals surface area (Å²) >= 11 is 7.32. The van der Waals surface area contributed by atoms with E-state index < -0.39 is 0 Å². The molecule has 0 aliphatic carbocycles. The van der Waals surface area contributed by atoms with Gasteiger partial charge in [-0.2, -0.15) is 4.98 Å². The van der Waals surface area contributed by atoms with Crippen LogP contribution in [0.1, 0.15) is 11.1 Å². The number of rotatable bonds is 7. The lowest BCUT2D eigenvalue weighted by Gasteiger charge is -2.11. The van der Waals surface area contributed by atoms with E-state index in [0.717, 1.165) is 10.5 Å². The summed E-state index contributed by atoms with van der Waals surface area (Å²) < 4.78 is 28.2. The van der Waals surface area contributed by atoms with Gasteiger partial charge in [0.2, 0.25) is 11.2 Å². The number of amides is 1. The first kappa shape index (κ1) is 22.0. The lowest BCUT2D eigenvalue weighted by atomic mass is 10.1. The predicted molar refractivity (Wildman–Crippen MR) is 120 cm³/mol. The van der Waals surface area contributed by atoms with Crippen molar-refractivity contribution in [3.63, 3.8) is 0 Å². The lowest BCUT2D eigenvalue weighted by molar-refractivity contribution is -0.115. The van der Waals surface area contributed by atoms with Gasteiger partial charge in [-0.25, -0.2) is 13.5 Å². The lowest BCUT2D eigenvalue weighted by Crippen LogP contribution is -2.15. The van der Waals surface area contributed by atoms with E-state index >= 15 is 0 Å². The van der Waals surface area contributed by atoms with Gasteiger partial charge in [-0.05, 0) is 70.9 Å². The van der Waals surface area contributed by atoms with E-state index in [1.165, 1.54) is 36.0 Å². The Morgan fingerprint density at radius 3 is 2.53 bits per heavy atom. The van der Waals surface area contributed by atoms with Crippen LogP contribution in [0.15, 0.2) is 82.8 Å². The Bertz CT molecular complexity index is 1250. The molecule has 0 radical (unpaired) electrons. The van der Waals surface area contributed by atoms with Gasteiger partial charge in [0.15, 0.2) is 5.16 Å². The van der Waals surface area contributed by atoms with Gasteiger partial charge in [0.25, 0.3) is 0 Å². The topological polar surface area (TPSA) is 59.8 Å². The molecule has 0 aliphatic rings. The molecule has 162 valence electrons. The standard InChI is InChI=1S/C23H17ClF2N4OS/c24-22-28-23(30(29-22)14-15-8-10-17(25)11-9-15)32-20-7-2-1-6-19(20)27-21(31)13-16-4-3-5-18(26)12-16/h1-12H,13-14H2,(H,27,31). The number of para-hydroxylation sites is 1. The van der Waals surface area contributed by atoms with E-state index in [4.69, 9.17) is 11.6 Å². The Hall–Kier alpha value is -3.23. The van der Waals surface area contributed by atoms with Gasteiger partial charge < -0.3 is 5.32 Å². The third kappa shape index (κ3) is 5.72. The fraction of sp³-hybridized carbons (Fsp3) is 0.0870. The molecule has 0 saturated carbocycles. The largest absolute Gasteiger partial charge is 0.325 e. The quantitative estimate of drug-likeness (QED) is 0.382. The van der Waals surface area contributed by atoms with Crippen molar-refractivity contribution in [3.8, 4) is 0 Å². The zero-order valence-electron chi connectivity index (χ0n) is 16.6. The molecular formula is C23H17ClF2N4OS. The number of hydrogen-bond donors (Lipinski definition) is 1. The fourth-order valence-electron chi connectivity index (χ4n) is 3.03. The molecule has 0 unspecified atom stereocenters. The number of hydrogen-bond acceptors (Lipinski definition) is 4. The van der Waals surface area contributed by atoms with Crippen LogP contribution in [0.25, 0.3) is 0 Å². The van der Waals surface area contributed by atoms with Crippen LogP contribution in [0.5, 0.6) is 0 Å². The summed E-state index contributed by atoms with van der Waals surface area (Å²) in [5, 5.41) is 7.68. The van der Waals surface area contributed by atoms with Gasteiger partial charge in [-0.15, -0.1) is 5.10 Å². The van der Waals surface area contributed by atoms with Crippen molar-refractivity contribution in [2.75, 3.05) is 5.32 Å². The van der Waals surface area contributed by atoms with Crippen LogP contribution >= 0.6 is 23.4 Å². The molecule has 1 amide bonds. The van der Waals surface area contributed by atoms with Crippen molar-refractivity contribution in [1.82, 2.24) is 14.8 Å². The summed E-state index contributed by atoms with van der Waals surface area (Å²) in [4.78, 5) is 17.5. The summed E-state index contributed by atoms with van der Waals surface area (Å²) in [7, 11) is 0. The van der Waals surface area contributed by atoms with Crippen LogP contribution in [0.3, 0.4) is 0 Å². The predicted octanol–water partition coefficient (Wildman–Crippen LogP) is 5.59. The zero-order valence-corrected chi connectivity index (χ0v) is 18.2. The highest BCUT2D eigenvalue weighted by atomic mass is 35.5. The summed E-state index contributed by atoms with van der Waals surface area (Å²) in [6.07, 6.45) is 0.0450. The van der Waals surface area contributed by atoms with E-state index in [1.807, 2.05) is 12.1 Å². The molecule has 0 saturated heterocycles. The molecule has 0 bridgehead atoms. The second kappa shape index (κ2) is 9.93. The molecule has 0 spiro atoms. The number of halogens is 3. The highest BCUT2D eigenvalue weighted by Gasteiger charge is 2.15. The van der Waals surface area contributed by atoms with Crippen LogP contribution < -0.4 is 5.32 Å². The average Bonchev–Trinajstić information content (AvgIpc) is 3.09. The van der Waals surface area contributed by atoms with Gasteiger partial charge in [0.05, 0.1) is 18.7 Å². The first-order valence-corrected chi connectivity index (χ1v) is 10.8. The monoisotopic (exact) mass is 470 g/mol. The van der Waals surface area contributed by atoms with Crippen LogP contribution in [0.2, 0.25) is 5.28 Å². The number of anilines is 1. The molecular weight excluding hydrogens is 454 g/mol. The minimum atomic E-state index is -0.386. The highest BCUT2D eigenvalue weighted by Crippen LogP contribution is 2.33. The minimum Gasteiger partial charge on any atom is -0.325 e. The molecule has 4 rings (SSSR count). The molecule has 32 heavy (non-hydrogen) atoms. The average molecular weight is 471 g/mol. The van der Waals surface area contributed by atoms with Gasteiger partial charge in [0.1, 0.15) is 11.6 Å². The molecule has 0 aliphatic heterocycles. The van der Waals surface area contributed by atoms with Crippen molar-refractivity contribution < 1.29 is 13.6 Å². The van der Waals surface area contributed by atoms with Gasteiger partial charge >= 0.3 is 0 Å². The van der Waals surface area contributed by atoms with E-state index in [-0.39, 0.29) is 29.2 Å². The Balaban J connectivity index is 1.51. The van der Waals surface area contributed by atoms with E-state index in [1.54, 1.807) is 41.1 Å². The Morgan fingerprint density at radius 2 is 1.75 bits per heavy atom. The van der Waals surface area contributed by atoms with Crippen LogP contribution in [0, 0.1) is 11.6 Å². The van der Waals surface area contributed by atoms with Gasteiger partial charge in [-0.1, -0.05) is 36.4 Å². The normalized spacial score (nSPS) is 10.8. The maximum Gasteiger partial charge on any atom is 0.243 e. The number of benzene rings is 3. The van der Waals surface area contributed by atoms with Crippen LogP contribution in [-0.2, 0) is 17.8 Å². The number of carbonyl (C=O) groups is 1. The first-order valence-electron chi connectivity index (χ1n) is 9.62. The molecule has 5 nitrogen and oxygen atoms in total. The maximum absolute atomic E-state index is 13.4. The van der Waals surface area contributed by atoms with E-state index in [2.05, 4.69) is 15.4 Å². The second-order valence-corrected chi connectivity index (χ2v) is 8.25. The van der Waals surface area contributed by atoms with Crippen molar-refractivity contribution in [3.05, 3.63) is 101 Å². The smallest absolute Gasteiger partial charge is 0.243 e. The number of carbonyl (C=O) groups excluding carboxylic acids is 1. The summed E-state index contributed by atoms with van der Waals surface area (Å²) in [6, 6.07) is 19.3. The SMILES string of the molecule is O=C(Cc1cccc(F)c1)Nc1ccccc1Sc1nc(Cl)nn1Cc1ccc(F)cc1. The summed E-state index contributed by atoms with van der Waals surface area (Å²) in [6.45, 7) is 0.358. The van der Waals surface area contributed by atoms with Crippen molar-refractivity contribution in [2.45, 2.75) is 23.0 Å². The maximum atomic E-state index is 13.4. The van der Waals surface area contributed by atoms with Crippen molar-refractivity contribution >= 4 is 35.0 Å². The molecule has 0 atom stereocenters. The van der Waals surface area contributed by atoms with Gasteiger partial charge in [0, 0.05) is 4.90 Å². The third-order valence-corrected chi connectivity index (χ3v) is 5.69. The van der Waals surface area contributed by atoms with Crippen molar-refractivity contribution in [1.29, 1.82) is 0 Å². The van der Waals surface area contributed by atoms with Crippen LogP contribution in [0.4, 0.5) is 14.5 Å². The Labute approximate surface area is 192 Å². The molecule has 0 fully saturated rings. The van der Waals surface area contributed by atoms with Crippen molar-refractivity contribution in [2.24, 2.45) is 0 Å². The molecule has 3 aromatic carbocycles. The number of nitrogens with zero attached hydrogens (tertiary/aromatic N) is 3. The van der Waals surface area contributed by atoms with E-state index in [9.17, 15) is 13.6 Å². The Morgan fingerprint density at radius 1 is 0.969 bits per heavy atom. The minimum absolute atomic E-state index is 0.0450. The van der Waals surface area contributed by atoms with Gasteiger partial charge in [-0.3, -0.25) is 4.79 Å². The molecule has 1 aromatic heterocycles. The van der Waals surface area contributed by atoms with E-state index in [0.29, 0.717) is 23.0 Å². The zero-order chi connectivity index (χ0) is 22.5. The second-order valence-electron chi connectivity index (χ2n) is 6.90. The molecule has 1 heterocycles. The highest BCUT2D eigenvalue weighted by molar-refractivity contribution is 7.99. The summed E-state index contributed by atoms with van der Waals surface area (Å²) in [5.74, 6) is -0.971. The fourth-order valence-corrected chi connectivity index (χ4v) is 4.16.